The molecule has 118 valence electrons. The molecule has 0 aliphatic carbocycles. The quantitative estimate of drug-likeness (QED) is 0.692. The molecule has 0 spiro atoms. The first-order valence-electron chi connectivity index (χ1n) is 5.97. The largest absolute Gasteiger partial charge is 0.382 e. The molecule has 1 unspecified atom stereocenters. The van der Waals surface area contributed by atoms with Crippen LogP contribution in [0.2, 0.25) is 0 Å². The second kappa shape index (κ2) is 6.63. The number of H-pyrrole nitrogens is 1. The molecule has 1 aliphatic rings. The Kier molecular flexibility index (Phi) is 5.07. The molecule has 11 heteroatoms. The molecule has 0 aromatic carbocycles. The Bertz CT molecular complexity index is 645. The normalized spacial score (nSPS) is 26.9. The van der Waals surface area contributed by atoms with Gasteiger partial charge in [-0.2, -0.15) is 4.39 Å². The smallest absolute Gasteiger partial charge is 0.330 e. The molecule has 1 fully saturated rings. The molecule has 0 radical (unpaired) electrons. The molecule has 4 atom stereocenters. The summed E-state index contributed by atoms with van der Waals surface area (Å²) >= 11 is 0. The van der Waals surface area contributed by atoms with Crippen LogP contribution in [0.25, 0.3) is 0 Å². The van der Waals surface area contributed by atoms with E-state index >= 15 is 0 Å². The van der Waals surface area contributed by atoms with Crippen molar-refractivity contribution < 1.29 is 27.8 Å². The lowest BCUT2D eigenvalue weighted by Crippen LogP contribution is -2.34. The van der Waals surface area contributed by atoms with Crippen molar-refractivity contribution in [1.29, 1.82) is 0 Å². The van der Waals surface area contributed by atoms with Gasteiger partial charge in [-0.15, -0.1) is 0 Å². The Labute approximate surface area is 118 Å². The average Bonchev–Trinajstić information content (AvgIpc) is 2.76. The summed E-state index contributed by atoms with van der Waals surface area (Å²) in [6.07, 6.45) is -1.65. The lowest BCUT2D eigenvalue weighted by Gasteiger charge is -2.16. The molecule has 0 saturated carbocycles. The molecule has 2 rings (SSSR count). The number of aromatic nitrogens is 2. The van der Waals surface area contributed by atoms with Crippen LogP contribution in [0.4, 0.5) is 4.39 Å². The van der Waals surface area contributed by atoms with Crippen molar-refractivity contribution in [3.63, 3.8) is 0 Å². The molecule has 2 heterocycles. The summed E-state index contributed by atoms with van der Waals surface area (Å²) in [5, 5.41) is 0. The van der Waals surface area contributed by atoms with E-state index in [9.17, 15) is 18.5 Å². The monoisotopic (exact) mass is 324 g/mol. The van der Waals surface area contributed by atoms with Gasteiger partial charge in [0.2, 0.25) is 5.82 Å². The van der Waals surface area contributed by atoms with Crippen molar-refractivity contribution in [1.82, 2.24) is 9.55 Å². The summed E-state index contributed by atoms with van der Waals surface area (Å²) in [6, 6.07) is 0. The van der Waals surface area contributed by atoms with Gasteiger partial charge in [0, 0.05) is 13.5 Å². The number of methoxy groups -OCH3 is 1. The number of hydrogen-bond acceptors (Lipinski definition) is 6. The van der Waals surface area contributed by atoms with E-state index in [2.05, 4.69) is 0 Å². The summed E-state index contributed by atoms with van der Waals surface area (Å²) in [5.74, 6) is -1.14. The van der Waals surface area contributed by atoms with Gasteiger partial charge in [0.05, 0.1) is 18.9 Å². The number of halogens is 1. The highest BCUT2D eigenvalue weighted by atomic mass is 31.1. The van der Waals surface area contributed by atoms with Gasteiger partial charge in [-0.3, -0.25) is 18.9 Å². The van der Waals surface area contributed by atoms with E-state index in [1.54, 1.807) is 4.98 Å². The second-order valence-corrected chi connectivity index (χ2v) is 5.15. The number of rotatable bonds is 5. The van der Waals surface area contributed by atoms with E-state index in [0.29, 0.717) is 0 Å². The number of ether oxygens (including phenoxy) is 2. The molecule has 9 nitrogen and oxygen atoms in total. The number of aromatic amines is 1. The van der Waals surface area contributed by atoms with Gasteiger partial charge >= 0.3 is 13.9 Å². The van der Waals surface area contributed by atoms with E-state index in [4.69, 9.17) is 18.9 Å². The Morgan fingerprint density at radius 3 is 2.95 bits per heavy atom. The van der Waals surface area contributed by atoms with Crippen LogP contribution in [0.1, 0.15) is 12.6 Å². The highest BCUT2D eigenvalue weighted by Crippen LogP contribution is 2.34. The van der Waals surface area contributed by atoms with Crippen LogP contribution >= 0.6 is 8.25 Å². The minimum absolute atomic E-state index is 0.0381. The Balaban J connectivity index is 2.26. The maximum absolute atomic E-state index is 13.3. The zero-order valence-electron chi connectivity index (χ0n) is 10.9. The number of nitrogens with one attached hydrogen (secondary N) is 1. The van der Waals surface area contributed by atoms with Gasteiger partial charge in [0.25, 0.3) is 5.56 Å². The summed E-state index contributed by atoms with van der Waals surface area (Å²) in [7, 11) is -1.80. The first kappa shape index (κ1) is 16.1. The van der Waals surface area contributed by atoms with E-state index in [1.165, 1.54) is 7.11 Å². The van der Waals surface area contributed by atoms with Crippen LogP contribution in [0.5, 0.6) is 0 Å². The fourth-order valence-corrected chi connectivity index (χ4v) is 2.62. The van der Waals surface area contributed by atoms with Gasteiger partial charge in [0.1, 0.15) is 12.3 Å². The molecule has 1 saturated heterocycles. The van der Waals surface area contributed by atoms with Crippen LogP contribution in [-0.2, 0) is 18.6 Å². The molecule has 1 aromatic heterocycles. The molecule has 0 bridgehead atoms. The van der Waals surface area contributed by atoms with Crippen molar-refractivity contribution in [2.75, 3.05) is 13.7 Å². The number of nitrogens with zero attached hydrogens (tertiary/aromatic N) is 1. The Morgan fingerprint density at radius 2 is 2.33 bits per heavy atom. The van der Waals surface area contributed by atoms with Crippen LogP contribution in [0.3, 0.4) is 0 Å². The second-order valence-electron chi connectivity index (χ2n) is 4.39. The molecular formula is C10H14FN2O7P. The summed E-state index contributed by atoms with van der Waals surface area (Å²) in [5.41, 5.74) is -1.98. The first-order chi connectivity index (χ1) is 9.92. The molecular weight excluding hydrogens is 310 g/mol. The highest BCUT2D eigenvalue weighted by Gasteiger charge is 2.38. The van der Waals surface area contributed by atoms with Crippen molar-refractivity contribution in [3.05, 3.63) is 32.9 Å². The summed E-state index contributed by atoms with van der Waals surface area (Å²) in [4.78, 5) is 33.3. The molecule has 1 aliphatic heterocycles. The zero-order valence-corrected chi connectivity index (χ0v) is 11.9. The topological polar surface area (TPSA) is 120 Å². The predicted octanol–water partition coefficient (Wildman–Crippen LogP) is -0.623. The average molecular weight is 324 g/mol. The lowest BCUT2D eigenvalue weighted by atomic mass is 10.2. The van der Waals surface area contributed by atoms with Crippen molar-refractivity contribution in [3.8, 4) is 0 Å². The third kappa shape index (κ3) is 3.66. The third-order valence-electron chi connectivity index (χ3n) is 3.00. The minimum Gasteiger partial charge on any atom is -0.382 e. The van der Waals surface area contributed by atoms with Gasteiger partial charge in [0.15, 0.2) is 0 Å². The van der Waals surface area contributed by atoms with E-state index in [-0.39, 0.29) is 13.0 Å². The number of hydrogen-bond donors (Lipinski definition) is 2. The lowest BCUT2D eigenvalue weighted by molar-refractivity contribution is -0.0515. The SMILES string of the molecule is COC[C@H]1O[C@@H](n2cc(F)c(=O)[nH]c2=O)C[C@H]1O[PH](=O)O. The molecule has 1 aromatic rings. The van der Waals surface area contributed by atoms with Gasteiger partial charge in [-0.1, -0.05) is 0 Å². The molecule has 21 heavy (non-hydrogen) atoms. The molecule has 0 amide bonds. The summed E-state index contributed by atoms with van der Waals surface area (Å²) in [6.45, 7) is 0.0664. The highest BCUT2D eigenvalue weighted by molar-refractivity contribution is 7.32. The van der Waals surface area contributed by atoms with Crippen LogP contribution < -0.4 is 11.2 Å². The fraction of sp³-hybridized carbons (Fsp3) is 0.600. The standard InChI is InChI=1S/C10H14FN2O7P/c1-18-4-7-6(20-21(16)17)2-8(19-7)13-3-5(11)9(14)12-10(13)15/h3,6-8,21H,2,4H2,1H3,(H,16,17)(H,12,14,15)/t6-,7-,8-/m1/s1. The first-order valence-corrected chi connectivity index (χ1v) is 7.23. The maximum atomic E-state index is 13.3. The van der Waals surface area contributed by atoms with Gasteiger partial charge in [-0.05, 0) is 0 Å². The summed E-state index contributed by atoms with van der Waals surface area (Å²) < 4.78 is 40.1. The predicted molar refractivity (Wildman–Crippen MR) is 67.8 cm³/mol. The maximum Gasteiger partial charge on any atom is 0.330 e. The Morgan fingerprint density at radius 1 is 1.62 bits per heavy atom. The van der Waals surface area contributed by atoms with Crippen LogP contribution in [0.15, 0.2) is 15.8 Å². The van der Waals surface area contributed by atoms with Crippen LogP contribution in [-0.4, -0.2) is 40.4 Å². The van der Waals surface area contributed by atoms with Crippen molar-refractivity contribution >= 4 is 8.25 Å². The van der Waals surface area contributed by atoms with Crippen molar-refractivity contribution in [2.45, 2.75) is 24.9 Å². The Hall–Kier alpha value is -1.32. The van der Waals surface area contributed by atoms with E-state index in [1.807, 2.05) is 0 Å². The van der Waals surface area contributed by atoms with Crippen LogP contribution in [0, 0.1) is 5.82 Å². The van der Waals surface area contributed by atoms with Gasteiger partial charge < -0.3 is 18.9 Å². The van der Waals surface area contributed by atoms with E-state index in [0.717, 1.165) is 10.8 Å². The van der Waals surface area contributed by atoms with Gasteiger partial charge in [-0.25, -0.2) is 4.79 Å². The van der Waals surface area contributed by atoms with E-state index < -0.39 is 43.8 Å². The molecule has 2 N–H and O–H groups in total. The zero-order chi connectivity index (χ0) is 15.6. The third-order valence-corrected chi connectivity index (χ3v) is 3.50. The van der Waals surface area contributed by atoms with Crippen molar-refractivity contribution in [2.24, 2.45) is 0 Å². The minimum atomic E-state index is -3.20. The fourth-order valence-electron chi connectivity index (χ4n) is 2.11.